The van der Waals surface area contributed by atoms with E-state index in [9.17, 15) is 19.7 Å². The van der Waals surface area contributed by atoms with Crippen LogP contribution >= 0.6 is 23.4 Å². The molecule has 1 N–H and O–H groups in total. The van der Waals surface area contributed by atoms with Crippen molar-refractivity contribution in [3.8, 4) is 11.5 Å². The number of Topliss-reactive ketones (excluding diaryl/α,β-unsaturated/α-hetero) is 1. The number of nitrogens with zero attached hydrogens (tertiary/aromatic N) is 3. The van der Waals surface area contributed by atoms with E-state index in [4.69, 9.17) is 16.0 Å². The predicted molar refractivity (Wildman–Crippen MR) is 105 cm³/mol. The first-order chi connectivity index (χ1) is 13.9. The Balaban J connectivity index is 1.49. The van der Waals surface area contributed by atoms with Gasteiger partial charge in [0.25, 0.3) is 16.8 Å². The van der Waals surface area contributed by atoms with Crippen molar-refractivity contribution in [2.75, 3.05) is 11.1 Å². The second kappa shape index (κ2) is 7.64. The maximum Gasteiger partial charge on any atom is 0.282 e. The van der Waals surface area contributed by atoms with Crippen LogP contribution in [0.4, 0.5) is 11.4 Å². The third kappa shape index (κ3) is 3.84. The number of para-hydroxylation sites is 1. The fraction of sp³-hybridized carbons (Fsp3) is 0.111. The molecule has 2 heterocycles. The summed E-state index contributed by atoms with van der Waals surface area (Å²) in [6.07, 6.45) is 0.197. The van der Waals surface area contributed by atoms with Crippen molar-refractivity contribution < 1.29 is 18.9 Å². The smallest absolute Gasteiger partial charge is 0.282 e. The van der Waals surface area contributed by atoms with E-state index in [-0.39, 0.29) is 51.3 Å². The van der Waals surface area contributed by atoms with Gasteiger partial charge >= 0.3 is 0 Å². The summed E-state index contributed by atoms with van der Waals surface area (Å²) in [4.78, 5) is 34.6. The number of anilines is 1. The molecule has 0 unspecified atom stereocenters. The molecule has 0 bridgehead atoms. The maximum absolute atomic E-state index is 12.6. The molecule has 4 rings (SSSR count). The van der Waals surface area contributed by atoms with Crippen LogP contribution in [-0.2, 0) is 11.2 Å². The lowest BCUT2D eigenvalue weighted by molar-refractivity contribution is -0.384. The summed E-state index contributed by atoms with van der Waals surface area (Å²) in [5.41, 5.74) is 1.66. The number of hydrogen-bond donors (Lipinski definition) is 1. The van der Waals surface area contributed by atoms with E-state index < -0.39 is 4.92 Å². The van der Waals surface area contributed by atoms with Crippen LogP contribution in [0.25, 0.3) is 11.5 Å². The van der Waals surface area contributed by atoms with Crippen molar-refractivity contribution >= 4 is 46.4 Å². The maximum atomic E-state index is 12.6. The second-order valence-corrected chi connectivity index (χ2v) is 7.41. The standard InChI is InChI=1S/C18H11ClN4O5S/c19-12-7-13-9(6-16(25)20-13)5-11(12)15(24)8-29-18-22-21-17(28-18)10-3-1-2-4-14(10)23(26)27/h1-5,7H,6,8H2,(H,20,25). The van der Waals surface area contributed by atoms with Crippen LogP contribution in [0, 0.1) is 10.1 Å². The van der Waals surface area contributed by atoms with E-state index in [1.165, 1.54) is 18.2 Å². The van der Waals surface area contributed by atoms with E-state index >= 15 is 0 Å². The van der Waals surface area contributed by atoms with Gasteiger partial charge in [0, 0.05) is 17.3 Å². The molecule has 3 aromatic rings. The Labute approximate surface area is 172 Å². The first-order valence-corrected chi connectivity index (χ1v) is 9.64. The van der Waals surface area contributed by atoms with Crippen LogP contribution < -0.4 is 5.32 Å². The van der Waals surface area contributed by atoms with Crippen molar-refractivity contribution in [1.82, 2.24) is 10.2 Å². The number of benzene rings is 2. The number of halogens is 1. The highest BCUT2D eigenvalue weighted by atomic mass is 35.5. The number of carbonyl (C=O) groups excluding carboxylic acids is 2. The van der Waals surface area contributed by atoms with Gasteiger partial charge in [-0.3, -0.25) is 19.7 Å². The molecule has 1 aromatic heterocycles. The molecule has 0 saturated carbocycles. The molecule has 29 heavy (non-hydrogen) atoms. The lowest BCUT2D eigenvalue weighted by Gasteiger charge is -2.06. The van der Waals surface area contributed by atoms with Gasteiger partial charge in [-0.25, -0.2) is 0 Å². The van der Waals surface area contributed by atoms with E-state index in [0.717, 1.165) is 11.8 Å². The van der Waals surface area contributed by atoms with Gasteiger partial charge in [-0.1, -0.05) is 35.5 Å². The Bertz CT molecular complexity index is 1160. The Morgan fingerprint density at radius 2 is 2.10 bits per heavy atom. The number of fused-ring (bicyclic) bond motifs is 1. The van der Waals surface area contributed by atoms with Crippen molar-refractivity contribution in [3.63, 3.8) is 0 Å². The summed E-state index contributed by atoms with van der Waals surface area (Å²) in [5.74, 6) is -0.457. The fourth-order valence-corrected chi connectivity index (χ4v) is 3.77. The molecule has 9 nitrogen and oxygen atoms in total. The lowest BCUT2D eigenvalue weighted by atomic mass is 10.1. The largest absolute Gasteiger partial charge is 0.411 e. The number of hydrogen-bond acceptors (Lipinski definition) is 8. The van der Waals surface area contributed by atoms with E-state index in [0.29, 0.717) is 16.8 Å². The van der Waals surface area contributed by atoms with Gasteiger partial charge < -0.3 is 9.73 Å². The molecular formula is C18H11ClN4O5S. The summed E-state index contributed by atoms with van der Waals surface area (Å²) >= 11 is 7.16. The quantitative estimate of drug-likeness (QED) is 0.271. The third-order valence-electron chi connectivity index (χ3n) is 4.18. The Morgan fingerprint density at radius 3 is 2.90 bits per heavy atom. The second-order valence-electron chi connectivity index (χ2n) is 6.07. The molecule has 0 saturated heterocycles. The number of amides is 1. The molecule has 2 aromatic carbocycles. The van der Waals surface area contributed by atoms with Gasteiger partial charge in [0.05, 0.1) is 22.1 Å². The van der Waals surface area contributed by atoms with Gasteiger partial charge in [0.2, 0.25) is 5.91 Å². The zero-order valence-corrected chi connectivity index (χ0v) is 16.1. The number of rotatable bonds is 6. The molecule has 1 amide bonds. The molecule has 0 spiro atoms. The number of ketones is 1. The summed E-state index contributed by atoms with van der Waals surface area (Å²) < 4.78 is 5.46. The SMILES string of the molecule is O=C1Cc2cc(C(=O)CSc3nnc(-c4ccccc4[N+](=O)[O-])o3)c(Cl)cc2N1. The van der Waals surface area contributed by atoms with Crippen LogP contribution in [0.3, 0.4) is 0 Å². The van der Waals surface area contributed by atoms with Crippen molar-refractivity contribution in [1.29, 1.82) is 0 Å². The van der Waals surface area contributed by atoms with Crippen LogP contribution in [0.5, 0.6) is 0 Å². The number of carbonyl (C=O) groups is 2. The number of aromatic nitrogens is 2. The normalized spacial score (nSPS) is 12.5. The monoisotopic (exact) mass is 430 g/mol. The number of nitrogens with one attached hydrogen (secondary N) is 1. The van der Waals surface area contributed by atoms with Gasteiger partial charge in [-0.15, -0.1) is 10.2 Å². The zero-order chi connectivity index (χ0) is 20.5. The number of nitro benzene ring substituents is 1. The van der Waals surface area contributed by atoms with E-state index in [1.807, 2.05) is 0 Å². The van der Waals surface area contributed by atoms with E-state index in [2.05, 4.69) is 15.5 Å². The number of nitro groups is 1. The highest BCUT2D eigenvalue weighted by Gasteiger charge is 2.23. The molecule has 0 radical (unpaired) electrons. The first kappa shape index (κ1) is 19.1. The van der Waals surface area contributed by atoms with E-state index in [1.54, 1.807) is 18.2 Å². The average Bonchev–Trinajstić information content (AvgIpc) is 3.30. The summed E-state index contributed by atoms with van der Waals surface area (Å²) in [6, 6.07) is 9.16. The van der Waals surface area contributed by atoms with Gasteiger partial charge in [0.15, 0.2) is 5.78 Å². The van der Waals surface area contributed by atoms with Crippen molar-refractivity contribution in [2.24, 2.45) is 0 Å². The minimum Gasteiger partial charge on any atom is -0.411 e. The molecule has 11 heteroatoms. The van der Waals surface area contributed by atoms with Gasteiger partial charge in [-0.2, -0.15) is 0 Å². The summed E-state index contributed by atoms with van der Waals surface area (Å²) in [6.45, 7) is 0. The Morgan fingerprint density at radius 1 is 1.31 bits per heavy atom. The molecule has 0 fully saturated rings. The predicted octanol–water partition coefficient (Wildman–Crippen LogP) is 3.77. The van der Waals surface area contributed by atoms with Gasteiger partial charge in [-0.05, 0) is 23.8 Å². The molecule has 1 aliphatic heterocycles. The average molecular weight is 431 g/mol. The zero-order valence-electron chi connectivity index (χ0n) is 14.5. The summed E-state index contributed by atoms with van der Waals surface area (Å²) in [7, 11) is 0. The molecular weight excluding hydrogens is 420 g/mol. The summed E-state index contributed by atoms with van der Waals surface area (Å²) in [5, 5.41) is 21.8. The Kier molecular flexibility index (Phi) is 5.03. The fourth-order valence-electron chi connectivity index (χ4n) is 2.86. The lowest BCUT2D eigenvalue weighted by Crippen LogP contribution is -2.04. The minimum atomic E-state index is -0.536. The highest BCUT2D eigenvalue weighted by Crippen LogP contribution is 2.32. The minimum absolute atomic E-state index is 0.00704. The number of thioether (sulfide) groups is 1. The molecule has 146 valence electrons. The topological polar surface area (TPSA) is 128 Å². The molecule has 0 aliphatic carbocycles. The highest BCUT2D eigenvalue weighted by molar-refractivity contribution is 7.99. The third-order valence-corrected chi connectivity index (χ3v) is 5.31. The van der Waals surface area contributed by atoms with Gasteiger partial charge in [0.1, 0.15) is 5.56 Å². The van der Waals surface area contributed by atoms with Crippen molar-refractivity contribution in [3.05, 3.63) is 62.7 Å². The van der Waals surface area contributed by atoms with Crippen LogP contribution in [-0.4, -0.2) is 32.6 Å². The Hall–Kier alpha value is -3.24. The molecule has 0 atom stereocenters. The van der Waals surface area contributed by atoms with Crippen molar-refractivity contribution in [2.45, 2.75) is 11.6 Å². The van der Waals surface area contributed by atoms with Crippen LogP contribution in [0.1, 0.15) is 15.9 Å². The first-order valence-electron chi connectivity index (χ1n) is 8.28. The molecule has 1 aliphatic rings. The van der Waals surface area contributed by atoms with Crippen LogP contribution in [0.2, 0.25) is 5.02 Å². The van der Waals surface area contributed by atoms with Crippen LogP contribution in [0.15, 0.2) is 46.0 Å².